The molecule has 0 saturated heterocycles. The Kier molecular flexibility index (Phi) is 1.30. The first-order valence-corrected chi connectivity index (χ1v) is 2.52. The number of methoxy groups -OCH3 is 1. The van der Waals surface area contributed by atoms with Crippen LogP contribution in [0.5, 0.6) is 0 Å². The van der Waals surface area contributed by atoms with Gasteiger partial charge in [0.15, 0.2) is 0 Å². The molecule has 0 amide bonds. The molecule has 0 spiro atoms. The molecule has 2 nitrogen and oxygen atoms in total. The summed E-state index contributed by atoms with van der Waals surface area (Å²) in [7, 11) is 1.68. The monoisotopic (exact) mass is 102 g/mol. The van der Waals surface area contributed by atoms with E-state index in [9.17, 15) is 0 Å². The average molecular weight is 102 g/mol. The van der Waals surface area contributed by atoms with Gasteiger partial charge < -0.3 is 9.84 Å². The van der Waals surface area contributed by atoms with Gasteiger partial charge in [0.25, 0.3) is 0 Å². The van der Waals surface area contributed by atoms with E-state index in [2.05, 4.69) is 0 Å². The second-order valence-corrected chi connectivity index (χ2v) is 1.95. The zero-order valence-corrected chi connectivity index (χ0v) is 4.42. The fourth-order valence-corrected chi connectivity index (χ4v) is 0.701. The lowest BCUT2D eigenvalue weighted by Crippen LogP contribution is -1.94. The van der Waals surface area contributed by atoms with Crippen molar-refractivity contribution in [3.8, 4) is 0 Å². The fourth-order valence-electron chi connectivity index (χ4n) is 0.701. The highest BCUT2D eigenvalue weighted by atomic mass is 16.5. The van der Waals surface area contributed by atoms with Crippen LogP contribution in [0.15, 0.2) is 0 Å². The van der Waals surface area contributed by atoms with E-state index >= 15 is 0 Å². The topological polar surface area (TPSA) is 29.5 Å². The van der Waals surface area contributed by atoms with E-state index in [1.165, 1.54) is 0 Å². The molecule has 42 valence electrons. The third-order valence-corrected chi connectivity index (χ3v) is 1.39. The van der Waals surface area contributed by atoms with Crippen molar-refractivity contribution >= 4 is 0 Å². The van der Waals surface area contributed by atoms with E-state index in [0.717, 1.165) is 6.42 Å². The Bertz CT molecular complexity index is 55.1. The first-order valence-electron chi connectivity index (χ1n) is 2.52. The summed E-state index contributed by atoms with van der Waals surface area (Å²) >= 11 is 0. The smallest absolute Gasteiger partial charge is 0.0626 e. The summed E-state index contributed by atoms with van der Waals surface area (Å²) in [6, 6.07) is 0. The van der Waals surface area contributed by atoms with Gasteiger partial charge in [-0.3, -0.25) is 0 Å². The molecule has 0 aromatic heterocycles. The van der Waals surface area contributed by atoms with Gasteiger partial charge in [0.05, 0.1) is 6.10 Å². The molecule has 0 bridgehead atoms. The summed E-state index contributed by atoms with van der Waals surface area (Å²) in [5, 5.41) is 8.43. The Morgan fingerprint density at radius 3 is 2.71 bits per heavy atom. The van der Waals surface area contributed by atoms with Crippen molar-refractivity contribution in [2.24, 2.45) is 5.92 Å². The van der Waals surface area contributed by atoms with Crippen LogP contribution in [-0.4, -0.2) is 24.9 Å². The van der Waals surface area contributed by atoms with Gasteiger partial charge in [0.1, 0.15) is 0 Å². The minimum atomic E-state index is 0.290. The van der Waals surface area contributed by atoms with Crippen molar-refractivity contribution in [3.63, 3.8) is 0 Å². The standard InChI is InChI=1S/C5H10O2/c1-7-5-2-4(5)3-6/h4-6H,2-3H2,1H3/t4-,5+/m0/s1. The lowest BCUT2D eigenvalue weighted by Gasteiger charge is -1.88. The van der Waals surface area contributed by atoms with Crippen molar-refractivity contribution in [1.29, 1.82) is 0 Å². The van der Waals surface area contributed by atoms with Crippen LogP contribution in [0.25, 0.3) is 0 Å². The maximum atomic E-state index is 8.43. The van der Waals surface area contributed by atoms with Crippen LogP contribution >= 0.6 is 0 Å². The van der Waals surface area contributed by atoms with Gasteiger partial charge >= 0.3 is 0 Å². The Morgan fingerprint density at radius 1 is 1.86 bits per heavy atom. The van der Waals surface area contributed by atoms with Gasteiger partial charge in [-0.1, -0.05) is 0 Å². The molecule has 1 rings (SSSR count). The third kappa shape index (κ3) is 0.924. The van der Waals surface area contributed by atoms with Gasteiger partial charge in [-0.2, -0.15) is 0 Å². The normalized spacial score (nSPS) is 38.6. The molecule has 0 aromatic rings. The van der Waals surface area contributed by atoms with Gasteiger partial charge in [0, 0.05) is 19.6 Å². The Labute approximate surface area is 43.1 Å². The number of hydrogen-bond acceptors (Lipinski definition) is 2. The maximum absolute atomic E-state index is 8.43. The number of aliphatic hydroxyl groups is 1. The minimum absolute atomic E-state index is 0.290. The Balaban J connectivity index is 2.06. The molecule has 1 aliphatic rings. The van der Waals surface area contributed by atoms with Gasteiger partial charge in [-0.05, 0) is 6.42 Å². The second-order valence-electron chi connectivity index (χ2n) is 1.95. The predicted octanol–water partition coefficient (Wildman–Crippen LogP) is 0.0136. The largest absolute Gasteiger partial charge is 0.396 e. The van der Waals surface area contributed by atoms with Crippen LogP contribution < -0.4 is 0 Å². The molecule has 1 N–H and O–H groups in total. The number of aliphatic hydroxyl groups excluding tert-OH is 1. The van der Waals surface area contributed by atoms with Gasteiger partial charge in [0.2, 0.25) is 0 Å². The lowest BCUT2D eigenvalue weighted by atomic mass is 10.5. The molecule has 0 aromatic carbocycles. The molecular weight excluding hydrogens is 92.1 g/mol. The predicted molar refractivity (Wildman–Crippen MR) is 26.0 cm³/mol. The van der Waals surface area contributed by atoms with Gasteiger partial charge in [-0.15, -0.1) is 0 Å². The molecule has 2 atom stereocenters. The summed E-state index contributed by atoms with van der Waals surface area (Å²) in [5.74, 6) is 0.449. The minimum Gasteiger partial charge on any atom is -0.396 e. The zero-order valence-electron chi connectivity index (χ0n) is 4.42. The Morgan fingerprint density at radius 2 is 2.57 bits per heavy atom. The second kappa shape index (κ2) is 1.80. The van der Waals surface area contributed by atoms with Crippen LogP contribution in [0.2, 0.25) is 0 Å². The molecule has 0 heterocycles. The zero-order chi connectivity index (χ0) is 5.28. The molecule has 0 radical (unpaired) electrons. The molecular formula is C5H10O2. The van der Waals surface area contributed by atoms with Crippen molar-refractivity contribution in [1.82, 2.24) is 0 Å². The average Bonchev–Trinajstić information content (AvgIpc) is 2.43. The molecule has 0 aliphatic heterocycles. The SMILES string of the molecule is CO[C@@H]1C[C@H]1CO. The van der Waals surface area contributed by atoms with Gasteiger partial charge in [-0.25, -0.2) is 0 Å². The van der Waals surface area contributed by atoms with Crippen molar-refractivity contribution in [3.05, 3.63) is 0 Å². The summed E-state index contributed by atoms with van der Waals surface area (Å²) in [4.78, 5) is 0. The van der Waals surface area contributed by atoms with E-state index in [4.69, 9.17) is 9.84 Å². The summed E-state index contributed by atoms with van der Waals surface area (Å²) in [5.41, 5.74) is 0. The van der Waals surface area contributed by atoms with E-state index in [-0.39, 0.29) is 0 Å². The highest BCUT2D eigenvalue weighted by Gasteiger charge is 2.36. The summed E-state index contributed by atoms with van der Waals surface area (Å²) in [6.07, 6.45) is 1.41. The van der Waals surface area contributed by atoms with Crippen molar-refractivity contribution < 1.29 is 9.84 Å². The van der Waals surface area contributed by atoms with E-state index in [1.807, 2.05) is 0 Å². The first-order chi connectivity index (χ1) is 3.38. The third-order valence-electron chi connectivity index (χ3n) is 1.39. The van der Waals surface area contributed by atoms with Crippen LogP contribution in [-0.2, 0) is 4.74 Å². The molecule has 7 heavy (non-hydrogen) atoms. The highest BCUT2D eigenvalue weighted by molar-refractivity contribution is 4.86. The molecule has 2 heteroatoms. The van der Waals surface area contributed by atoms with E-state index in [1.54, 1.807) is 7.11 Å². The van der Waals surface area contributed by atoms with Crippen molar-refractivity contribution in [2.45, 2.75) is 12.5 Å². The summed E-state index contributed by atoms with van der Waals surface area (Å²) < 4.78 is 4.90. The molecule has 0 unspecified atom stereocenters. The van der Waals surface area contributed by atoms with Crippen LogP contribution in [0.4, 0.5) is 0 Å². The molecule has 1 saturated carbocycles. The lowest BCUT2D eigenvalue weighted by molar-refractivity contribution is 0.150. The van der Waals surface area contributed by atoms with Crippen LogP contribution in [0.3, 0.4) is 0 Å². The van der Waals surface area contributed by atoms with Crippen molar-refractivity contribution in [2.75, 3.05) is 13.7 Å². The molecule has 1 fully saturated rings. The van der Waals surface area contributed by atoms with E-state index in [0.29, 0.717) is 18.6 Å². The quantitative estimate of drug-likeness (QED) is 0.532. The van der Waals surface area contributed by atoms with Crippen LogP contribution in [0.1, 0.15) is 6.42 Å². The first kappa shape index (κ1) is 5.06. The number of hydrogen-bond donors (Lipinski definition) is 1. The van der Waals surface area contributed by atoms with Crippen LogP contribution in [0, 0.1) is 5.92 Å². The number of rotatable bonds is 2. The fraction of sp³-hybridized carbons (Fsp3) is 1.00. The molecule has 1 aliphatic carbocycles. The number of ether oxygens (including phenoxy) is 1. The maximum Gasteiger partial charge on any atom is 0.0626 e. The van der Waals surface area contributed by atoms with E-state index < -0.39 is 0 Å². The Hall–Kier alpha value is -0.0800. The highest BCUT2D eigenvalue weighted by Crippen LogP contribution is 2.31. The summed E-state index contributed by atoms with van der Waals surface area (Å²) in [6.45, 7) is 0.290.